The van der Waals surface area contributed by atoms with E-state index in [2.05, 4.69) is 165 Å². The Morgan fingerprint density at radius 1 is 0.556 bits per heavy atom. The Morgan fingerprint density at radius 3 is 1.76 bits per heavy atom. The van der Waals surface area contributed by atoms with Gasteiger partial charge in [-0.2, -0.15) is 0 Å². The molecule has 8 rings (SSSR count). The Kier molecular flexibility index (Phi) is 6.53. The maximum Gasteiger partial charge on any atom is 0.141 e. The van der Waals surface area contributed by atoms with Crippen LogP contribution in [0.25, 0.3) is 71.5 Å². The lowest BCUT2D eigenvalue weighted by Gasteiger charge is -2.25. The first kappa shape index (κ1) is 27.3. The van der Waals surface area contributed by atoms with Crippen molar-refractivity contribution in [3.05, 3.63) is 145 Å². The molecule has 0 bridgehead atoms. The summed E-state index contributed by atoms with van der Waals surface area (Å²) >= 11 is 0. The first-order valence-corrected chi connectivity index (χ1v) is 16.0. The lowest BCUT2D eigenvalue weighted by molar-refractivity contribution is 0.405. The number of benzene rings is 6. The van der Waals surface area contributed by atoms with Gasteiger partial charge in [-0.15, -0.1) is 0 Å². The largest absolute Gasteiger partial charge is 0.319 e. The molecular weight excluding hydrogens is 544 g/mol. The molecule has 1 aliphatic rings. The zero-order valence-corrected chi connectivity index (χ0v) is 26.1. The van der Waals surface area contributed by atoms with E-state index in [4.69, 9.17) is 4.98 Å². The lowest BCUT2D eigenvalue weighted by Crippen LogP contribution is -2.23. The Morgan fingerprint density at radius 2 is 1.13 bits per heavy atom. The molecule has 218 valence electrons. The van der Waals surface area contributed by atoms with E-state index in [0.717, 1.165) is 24.2 Å². The molecule has 2 nitrogen and oxygen atoms in total. The third-order valence-corrected chi connectivity index (χ3v) is 9.06. The van der Waals surface area contributed by atoms with Crippen molar-refractivity contribution >= 4 is 38.2 Å². The Balaban J connectivity index is 1.39. The maximum atomic E-state index is 5.25. The molecule has 0 aliphatic heterocycles. The van der Waals surface area contributed by atoms with Crippen LogP contribution in [0.5, 0.6) is 0 Å². The third kappa shape index (κ3) is 4.69. The fourth-order valence-corrected chi connectivity index (χ4v) is 7.10. The van der Waals surface area contributed by atoms with Gasteiger partial charge < -0.3 is 4.57 Å². The zero-order valence-electron chi connectivity index (χ0n) is 26.1. The van der Waals surface area contributed by atoms with Crippen molar-refractivity contribution in [1.29, 1.82) is 0 Å². The van der Waals surface area contributed by atoms with Crippen molar-refractivity contribution in [1.82, 2.24) is 9.55 Å². The van der Waals surface area contributed by atoms with Gasteiger partial charge in [-0.1, -0.05) is 121 Å². The van der Waals surface area contributed by atoms with Gasteiger partial charge in [0.15, 0.2) is 0 Å². The smallest absolute Gasteiger partial charge is 0.141 e. The molecule has 0 unspecified atom stereocenters. The third-order valence-electron chi connectivity index (χ3n) is 9.06. The number of fused-ring (bicyclic) bond motifs is 3. The minimum atomic E-state index is -0.0971. The summed E-state index contributed by atoms with van der Waals surface area (Å²) in [5.41, 5.74) is 10.7. The molecule has 0 spiro atoms. The summed E-state index contributed by atoms with van der Waals surface area (Å²) in [4.78, 5) is 5.25. The van der Waals surface area contributed by atoms with Crippen LogP contribution in [0.2, 0.25) is 0 Å². The number of imidazole rings is 1. The van der Waals surface area contributed by atoms with Crippen LogP contribution < -0.4 is 0 Å². The highest BCUT2D eigenvalue weighted by Gasteiger charge is 2.24. The molecule has 2 heteroatoms. The van der Waals surface area contributed by atoms with Crippen molar-refractivity contribution in [3.8, 4) is 33.4 Å². The van der Waals surface area contributed by atoms with Crippen molar-refractivity contribution in [3.63, 3.8) is 0 Å². The van der Waals surface area contributed by atoms with Crippen LogP contribution >= 0.6 is 0 Å². The molecule has 45 heavy (non-hydrogen) atoms. The normalized spacial score (nSPS) is 13.5. The van der Waals surface area contributed by atoms with E-state index in [1.807, 2.05) is 0 Å². The number of hydrogen-bond acceptors (Lipinski definition) is 1. The van der Waals surface area contributed by atoms with Crippen LogP contribution in [0, 0.1) is 0 Å². The highest BCUT2D eigenvalue weighted by Crippen LogP contribution is 2.45. The fourth-order valence-electron chi connectivity index (χ4n) is 7.10. The molecule has 0 saturated heterocycles. The van der Waals surface area contributed by atoms with Gasteiger partial charge in [-0.05, 0) is 107 Å². The van der Waals surface area contributed by atoms with Crippen LogP contribution in [0.15, 0.2) is 140 Å². The predicted molar refractivity (Wildman–Crippen MR) is 192 cm³/mol. The van der Waals surface area contributed by atoms with Crippen LogP contribution in [-0.4, -0.2) is 9.55 Å². The average molecular weight is 581 g/mol. The number of nitrogens with zero attached hydrogens (tertiary/aromatic N) is 2. The number of allylic oxidation sites excluding steroid dienone is 4. The molecule has 0 saturated carbocycles. The summed E-state index contributed by atoms with van der Waals surface area (Å²) in [5, 5.41) is 5.06. The van der Waals surface area contributed by atoms with Gasteiger partial charge in [0.05, 0.1) is 11.0 Å². The van der Waals surface area contributed by atoms with Crippen molar-refractivity contribution in [2.75, 3.05) is 0 Å². The minimum absolute atomic E-state index is 0.0971. The first-order chi connectivity index (χ1) is 22.0. The van der Waals surface area contributed by atoms with E-state index < -0.39 is 0 Å². The molecular formula is C43H36N2. The molecule has 1 aliphatic carbocycles. The zero-order chi connectivity index (χ0) is 30.5. The van der Waals surface area contributed by atoms with Crippen molar-refractivity contribution in [2.45, 2.75) is 39.2 Å². The van der Waals surface area contributed by atoms with E-state index in [1.165, 1.54) is 66.0 Å². The second-order valence-corrected chi connectivity index (χ2v) is 13.1. The van der Waals surface area contributed by atoms with Crippen LogP contribution in [0.1, 0.15) is 39.4 Å². The van der Waals surface area contributed by atoms with Gasteiger partial charge in [0.1, 0.15) is 5.82 Å². The molecule has 1 heterocycles. The monoisotopic (exact) mass is 580 g/mol. The summed E-state index contributed by atoms with van der Waals surface area (Å²) in [6, 6.07) is 44.3. The van der Waals surface area contributed by atoms with E-state index in [-0.39, 0.29) is 5.54 Å². The predicted octanol–water partition coefficient (Wildman–Crippen LogP) is 11.8. The Labute approximate surface area is 265 Å². The number of aromatic nitrogens is 2. The standard InChI is InChI=1S/C43H36N2/c1-43(2,3)45-39-26-24-33(28-38(39)44-42(45)31-19-11-6-12-20-31)32-23-25-36-37(27-32)41(30-17-9-5-10-18-30)35-22-14-13-21-34(35)40(36)29-15-7-4-8-16-29/h4-5,7-11,13-28H,6,12H2,1-3H3. The number of rotatable bonds is 4. The van der Waals surface area contributed by atoms with Crippen LogP contribution in [-0.2, 0) is 5.54 Å². The summed E-state index contributed by atoms with van der Waals surface area (Å²) in [6.07, 6.45) is 8.98. The van der Waals surface area contributed by atoms with Gasteiger partial charge >= 0.3 is 0 Å². The highest BCUT2D eigenvalue weighted by molar-refractivity contribution is 6.22. The lowest BCUT2D eigenvalue weighted by atomic mass is 9.85. The van der Waals surface area contributed by atoms with Gasteiger partial charge in [0.2, 0.25) is 0 Å². The van der Waals surface area contributed by atoms with Gasteiger partial charge in [0, 0.05) is 11.1 Å². The molecule has 1 aromatic heterocycles. The van der Waals surface area contributed by atoms with Crippen LogP contribution in [0.4, 0.5) is 0 Å². The van der Waals surface area contributed by atoms with E-state index in [1.54, 1.807) is 0 Å². The SMILES string of the molecule is CC(C)(C)n1c(C2=CCCC=C2)nc2cc(-c3ccc4c(-c5ccccc5)c5ccccc5c(-c5ccccc5)c4c3)ccc21. The fraction of sp³-hybridized carbons (Fsp3) is 0.140. The number of hydrogen-bond donors (Lipinski definition) is 0. The molecule has 0 fully saturated rings. The van der Waals surface area contributed by atoms with E-state index in [9.17, 15) is 0 Å². The molecule has 7 aromatic rings. The topological polar surface area (TPSA) is 17.8 Å². The average Bonchev–Trinajstić information content (AvgIpc) is 3.48. The van der Waals surface area contributed by atoms with Crippen molar-refractivity contribution in [2.24, 2.45) is 0 Å². The summed E-state index contributed by atoms with van der Waals surface area (Å²) < 4.78 is 2.40. The van der Waals surface area contributed by atoms with Gasteiger partial charge in [0.25, 0.3) is 0 Å². The Hall–Kier alpha value is -5.21. The van der Waals surface area contributed by atoms with Crippen LogP contribution in [0.3, 0.4) is 0 Å². The second-order valence-electron chi connectivity index (χ2n) is 13.1. The maximum absolute atomic E-state index is 5.25. The minimum Gasteiger partial charge on any atom is -0.319 e. The summed E-state index contributed by atoms with van der Waals surface area (Å²) in [5.74, 6) is 1.05. The van der Waals surface area contributed by atoms with E-state index >= 15 is 0 Å². The summed E-state index contributed by atoms with van der Waals surface area (Å²) in [7, 11) is 0. The molecule has 0 radical (unpaired) electrons. The summed E-state index contributed by atoms with van der Waals surface area (Å²) in [6.45, 7) is 6.80. The van der Waals surface area contributed by atoms with Gasteiger partial charge in [-0.3, -0.25) is 0 Å². The van der Waals surface area contributed by atoms with E-state index in [0.29, 0.717) is 0 Å². The highest BCUT2D eigenvalue weighted by atomic mass is 15.1. The molecule has 0 N–H and O–H groups in total. The first-order valence-electron chi connectivity index (χ1n) is 16.0. The second kappa shape index (κ2) is 10.7. The quantitative estimate of drug-likeness (QED) is 0.189. The molecule has 0 atom stereocenters. The molecule has 0 amide bonds. The van der Waals surface area contributed by atoms with Gasteiger partial charge in [-0.25, -0.2) is 4.98 Å². The molecule has 6 aromatic carbocycles. The Bertz CT molecular complexity index is 2280. The van der Waals surface area contributed by atoms with Crippen molar-refractivity contribution < 1.29 is 0 Å².